The molecule has 1 saturated carbocycles. The normalized spacial score (nSPS) is 22.5. The van der Waals surface area contributed by atoms with Crippen LogP contribution in [0.25, 0.3) is 0 Å². The van der Waals surface area contributed by atoms with Crippen LogP contribution in [0.1, 0.15) is 48.5 Å². The first-order valence-corrected chi connectivity index (χ1v) is 6.86. The van der Waals surface area contributed by atoms with Crippen LogP contribution >= 0.6 is 0 Å². The minimum absolute atomic E-state index is 0.0517. The van der Waals surface area contributed by atoms with Crippen molar-refractivity contribution >= 4 is 5.97 Å². The summed E-state index contributed by atoms with van der Waals surface area (Å²) >= 11 is 0. The lowest BCUT2D eigenvalue weighted by molar-refractivity contribution is 0.0155. The minimum Gasteiger partial charge on any atom is -0.459 e. The van der Waals surface area contributed by atoms with Gasteiger partial charge in [-0.05, 0) is 42.9 Å². The van der Waals surface area contributed by atoms with Gasteiger partial charge in [0.25, 0.3) is 0 Å². The molecule has 1 aromatic carbocycles. The second-order valence-electron chi connectivity index (χ2n) is 5.33. The molecular formula is C16H19NO2. The summed E-state index contributed by atoms with van der Waals surface area (Å²) in [5, 5.41) is 8.67. The summed E-state index contributed by atoms with van der Waals surface area (Å²) in [6.07, 6.45) is 4.66. The third-order valence-corrected chi connectivity index (χ3v) is 3.61. The van der Waals surface area contributed by atoms with Crippen molar-refractivity contribution in [2.75, 3.05) is 0 Å². The Morgan fingerprint density at radius 1 is 1.47 bits per heavy atom. The lowest BCUT2D eigenvalue weighted by Crippen LogP contribution is -2.24. The summed E-state index contributed by atoms with van der Waals surface area (Å²) in [6.45, 7) is 2.20. The van der Waals surface area contributed by atoms with Gasteiger partial charge in [0.1, 0.15) is 6.10 Å². The van der Waals surface area contributed by atoms with Crippen LogP contribution in [0.4, 0.5) is 0 Å². The van der Waals surface area contributed by atoms with Crippen molar-refractivity contribution in [1.82, 2.24) is 0 Å². The third kappa shape index (κ3) is 3.82. The summed E-state index contributed by atoms with van der Waals surface area (Å²) in [7, 11) is 0. The highest BCUT2D eigenvalue weighted by Gasteiger charge is 2.22. The molecule has 1 fully saturated rings. The summed E-state index contributed by atoms with van der Waals surface area (Å²) in [5.74, 6) is 0.371. The maximum atomic E-state index is 12.1. The molecule has 0 N–H and O–H groups in total. The van der Waals surface area contributed by atoms with Gasteiger partial charge >= 0.3 is 5.97 Å². The van der Waals surface area contributed by atoms with Crippen molar-refractivity contribution in [2.45, 2.75) is 45.1 Å². The van der Waals surface area contributed by atoms with Gasteiger partial charge in [-0.15, -0.1) is 0 Å². The Kier molecular flexibility index (Phi) is 4.57. The van der Waals surface area contributed by atoms with E-state index in [4.69, 9.17) is 10.00 Å². The first-order valence-electron chi connectivity index (χ1n) is 6.86. The number of nitriles is 1. The molecule has 3 nitrogen and oxygen atoms in total. The van der Waals surface area contributed by atoms with Crippen LogP contribution in [0.2, 0.25) is 0 Å². The standard InChI is InChI=1S/C16H19NO2/c1-12-4-2-7-15(10-12)19-16(18)14-6-3-5-13(11-14)8-9-17/h3,5-6,11-12,15H,2,4,7-8,10H2,1H3. The lowest BCUT2D eigenvalue weighted by atomic mass is 9.89. The van der Waals surface area contributed by atoms with Crippen molar-refractivity contribution in [3.05, 3.63) is 35.4 Å². The van der Waals surface area contributed by atoms with Gasteiger partial charge < -0.3 is 4.74 Å². The molecule has 2 atom stereocenters. The fourth-order valence-electron chi connectivity index (χ4n) is 2.60. The minimum atomic E-state index is -0.265. The number of rotatable bonds is 3. The molecule has 0 saturated heterocycles. The number of esters is 1. The number of ether oxygens (including phenoxy) is 1. The first-order chi connectivity index (χ1) is 9.19. The molecule has 19 heavy (non-hydrogen) atoms. The van der Waals surface area contributed by atoms with Gasteiger partial charge in [0.2, 0.25) is 0 Å². The first kappa shape index (κ1) is 13.6. The molecule has 100 valence electrons. The molecule has 1 aromatic rings. The van der Waals surface area contributed by atoms with Crippen LogP contribution in [0.5, 0.6) is 0 Å². The Hall–Kier alpha value is -1.82. The summed E-state index contributed by atoms with van der Waals surface area (Å²) < 4.78 is 5.56. The van der Waals surface area contributed by atoms with Crippen molar-refractivity contribution < 1.29 is 9.53 Å². The molecular weight excluding hydrogens is 238 g/mol. The van der Waals surface area contributed by atoms with Crippen LogP contribution in [-0.4, -0.2) is 12.1 Å². The van der Waals surface area contributed by atoms with Gasteiger partial charge in [0.05, 0.1) is 18.1 Å². The van der Waals surface area contributed by atoms with E-state index in [1.165, 1.54) is 6.42 Å². The summed E-state index contributed by atoms with van der Waals surface area (Å²) in [6, 6.07) is 9.23. The van der Waals surface area contributed by atoms with E-state index in [9.17, 15) is 4.79 Å². The Balaban J connectivity index is 1.99. The Labute approximate surface area is 114 Å². The zero-order valence-corrected chi connectivity index (χ0v) is 11.3. The zero-order valence-electron chi connectivity index (χ0n) is 11.3. The van der Waals surface area contributed by atoms with Crippen LogP contribution in [0.3, 0.4) is 0 Å². The molecule has 0 bridgehead atoms. The molecule has 0 spiro atoms. The fraction of sp³-hybridized carbons (Fsp3) is 0.500. The van der Waals surface area contributed by atoms with Crippen molar-refractivity contribution in [2.24, 2.45) is 5.92 Å². The largest absolute Gasteiger partial charge is 0.459 e. The number of benzene rings is 1. The Bertz CT molecular complexity index is 490. The smallest absolute Gasteiger partial charge is 0.338 e. The molecule has 0 aliphatic heterocycles. The Morgan fingerprint density at radius 2 is 2.32 bits per heavy atom. The van der Waals surface area contributed by atoms with Gasteiger partial charge in [-0.3, -0.25) is 0 Å². The Morgan fingerprint density at radius 3 is 3.05 bits per heavy atom. The molecule has 2 rings (SSSR count). The monoisotopic (exact) mass is 257 g/mol. The second-order valence-corrected chi connectivity index (χ2v) is 5.33. The highest BCUT2D eigenvalue weighted by molar-refractivity contribution is 5.89. The number of hydrogen-bond acceptors (Lipinski definition) is 3. The van der Waals surface area contributed by atoms with Gasteiger partial charge in [0.15, 0.2) is 0 Å². The molecule has 3 heteroatoms. The molecule has 0 aromatic heterocycles. The van der Waals surface area contributed by atoms with Crippen molar-refractivity contribution in [3.63, 3.8) is 0 Å². The highest BCUT2D eigenvalue weighted by atomic mass is 16.5. The molecule has 1 aliphatic rings. The van der Waals surface area contributed by atoms with Gasteiger partial charge in [0, 0.05) is 0 Å². The molecule has 1 aliphatic carbocycles. The van der Waals surface area contributed by atoms with Crippen LogP contribution in [0.15, 0.2) is 24.3 Å². The maximum absolute atomic E-state index is 12.1. The topological polar surface area (TPSA) is 50.1 Å². The van der Waals surface area contributed by atoms with Crippen molar-refractivity contribution in [1.29, 1.82) is 5.26 Å². The van der Waals surface area contributed by atoms with E-state index in [2.05, 4.69) is 13.0 Å². The van der Waals surface area contributed by atoms with E-state index < -0.39 is 0 Å². The lowest BCUT2D eigenvalue weighted by Gasteiger charge is -2.26. The maximum Gasteiger partial charge on any atom is 0.338 e. The van der Waals surface area contributed by atoms with E-state index in [0.29, 0.717) is 17.9 Å². The van der Waals surface area contributed by atoms with E-state index in [1.807, 2.05) is 6.07 Å². The summed E-state index contributed by atoms with van der Waals surface area (Å²) in [5.41, 5.74) is 1.40. The van der Waals surface area contributed by atoms with Gasteiger partial charge in [-0.25, -0.2) is 4.79 Å². The average molecular weight is 257 g/mol. The van der Waals surface area contributed by atoms with Gasteiger partial charge in [-0.2, -0.15) is 5.26 Å². The summed E-state index contributed by atoms with van der Waals surface area (Å²) in [4.78, 5) is 12.1. The number of hydrogen-bond donors (Lipinski definition) is 0. The predicted molar refractivity (Wildman–Crippen MR) is 72.6 cm³/mol. The average Bonchev–Trinajstić information content (AvgIpc) is 2.39. The van der Waals surface area contributed by atoms with Crippen LogP contribution in [-0.2, 0) is 11.2 Å². The fourth-order valence-corrected chi connectivity index (χ4v) is 2.60. The number of nitrogens with zero attached hydrogens (tertiary/aromatic N) is 1. The van der Waals surface area contributed by atoms with Crippen LogP contribution < -0.4 is 0 Å². The molecule has 0 heterocycles. The van der Waals surface area contributed by atoms with E-state index >= 15 is 0 Å². The number of carbonyl (C=O) groups is 1. The third-order valence-electron chi connectivity index (χ3n) is 3.61. The molecule has 0 radical (unpaired) electrons. The second kappa shape index (κ2) is 6.38. The van der Waals surface area contributed by atoms with E-state index in [0.717, 1.165) is 24.8 Å². The SMILES string of the molecule is CC1CCCC(OC(=O)c2cccc(CC#N)c2)C1. The highest BCUT2D eigenvalue weighted by Crippen LogP contribution is 2.26. The van der Waals surface area contributed by atoms with E-state index in [1.54, 1.807) is 18.2 Å². The van der Waals surface area contributed by atoms with E-state index in [-0.39, 0.29) is 12.1 Å². The zero-order chi connectivity index (χ0) is 13.7. The van der Waals surface area contributed by atoms with Gasteiger partial charge in [-0.1, -0.05) is 25.5 Å². The number of carbonyl (C=O) groups excluding carboxylic acids is 1. The molecule has 2 unspecified atom stereocenters. The quantitative estimate of drug-likeness (QED) is 0.779. The van der Waals surface area contributed by atoms with Crippen molar-refractivity contribution in [3.8, 4) is 6.07 Å². The predicted octanol–water partition coefficient (Wildman–Crippen LogP) is 3.49. The van der Waals surface area contributed by atoms with Crippen LogP contribution in [0, 0.1) is 17.2 Å². The molecule has 0 amide bonds.